The van der Waals surface area contributed by atoms with E-state index in [0.29, 0.717) is 28.4 Å². The van der Waals surface area contributed by atoms with Crippen molar-refractivity contribution in [2.75, 3.05) is 0 Å². The molecular weight excluding hydrogens is 240 g/mol. The highest BCUT2D eigenvalue weighted by molar-refractivity contribution is 6.33. The zero-order valence-corrected chi connectivity index (χ0v) is 9.59. The van der Waals surface area contributed by atoms with Gasteiger partial charge in [-0.2, -0.15) is 0 Å². The minimum absolute atomic E-state index is 0.196. The highest BCUT2D eigenvalue weighted by atomic mass is 35.5. The van der Waals surface area contributed by atoms with Crippen LogP contribution in [0.2, 0.25) is 5.02 Å². The Morgan fingerprint density at radius 2 is 2.00 bits per heavy atom. The predicted molar refractivity (Wildman–Crippen MR) is 63.2 cm³/mol. The van der Waals surface area contributed by atoms with Crippen molar-refractivity contribution in [2.45, 2.75) is 6.61 Å². The molecule has 2 aromatic rings. The second-order valence-electron chi connectivity index (χ2n) is 3.22. The summed E-state index contributed by atoms with van der Waals surface area (Å²) in [6, 6.07) is 6.76. The van der Waals surface area contributed by atoms with Crippen LogP contribution in [0.15, 0.2) is 36.7 Å². The van der Waals surface area contributed by atoms with Crippen molar-refractivity contribution in [1.82, 2.24) is 9.97 Å². The molecule has 0 aliphatic heterocycles. The highest BCUT2D eigenvalue weighted by Gasteiger charge is 2.07. The Bertz CT molecular complexity index is 517. The van der Waals surface area contributed by atoms with Crippen molar-refractivity contribution in [2.24, 2.45) is 0 Å². The number of aldehydes is 1. The highest BCUT2D eigenvalue weighted by Crippen LogP contribution is 2.24. The molecule has 2 rings (SSSR count). The summed E-state index contributed by atoms with van der Waals surface area (Å²) in [5, 5.41) is 0.367. The van der Waals surface area contributed by atoms with Crippen LogP contribution in [0.3, 0.4) is 0 Å². The quantitative estimate of drug-likeness (QED) is 0.780. The van der Waals surface area contributed by atoms with E-state index in [-0.39, 0.29) is 6.61 Å². The first kappa shape index (κ1) is 11.5. The number of hydrogen-bond donors (Lipinski definition) is 0. The van der Waals surface area contributed by atoms with E-state index in [2.05, 4.69) is 9.97 Å². The van der Waals surface area contributed by atoms with Crippen LogP contribution in [-0.2, 0) is 6.61 Å². The summed E-state index contributed by atoms with van der Waals surface area (Å²) in [5.74, 6) is 0.976. The molecule has 0 fully saturated rings. The first-order valence-electron chi connectivity index (χ1n) is 4.93. The van der Waals surface area contributed by atoms with Crippen LogP contribution in [0.1, 0.15) is 16.2 Å². The number of halogens is 1. The first-order valence-corrected chi connectivity index (χ1v) is 5.31. The summed E-state index contributed by atoms with van der Waals surface area (Å²) in [6.07, 6.45) is 3.93. The van der Waals surface area contributed by atoms with Crippen molar-refractivity contribution in [3.8, 4) is 5.75 Å². The predicted octanol–water partition coefficient (Wildman–Crippen LogP) is 2.52. The molecule has 0 unspecified atom stereocenters. The van der Waals surface area contributed by atoms with Crippen molar-refractivity contribution < 1.29 is 9.53 Å². The second kappa shape index (κ2) is 5.41. The molecule has 17 heavy (non-hydrogen) atoms. The first-order chi connectivity index (χ1) is 8.31. The molecule has 1 aromatic carbocycles. The van der Waals surface area contributed by atoms with E-state index in [9.17, 15) is 4.79 Å². The Balaban J connectivity index is 2.14. The molecule has 0 aliphatic carbocycles. The molecular formula is C12H9ClN2O2. The van der Waals surface area contributed by atoms with Gasteiger partial charge in [-0.3, -0.25) is 4.79 Å². The zero-order valence-electron chi connectivity index (χ0n) is 8.84. The number of aromatic nitrogens is 2. The van der Waals surface area contributed by atoms with E-state index in [4.69, 9.17) is 16.3 Å². The minimum Gasteiger partial charge on any atom is -0.485 e. The Morgan fingerprint density at radius 1 is 1.24 bits per heavy atom. The Hall–Kier alpha value is -1.94. The van der Waals surface area contributed by atoms with Crippen LogP contribution in [0, 0.1) is 0 Å². The fraction of sp³-hybridized carbons (Fsp3) is 0.0833. The molecule has 0 amide bonds. The van der Waals surface area contributed by atoms with Crippen LogP contribution in [0.4, 0.5) is 0 Å². The summed E-state index contributed by atoms with van der Waals surface area (Å²) in [7, 11) is 0. The molecule has 0 saturated heterocycles. The van der Waals surface area contributed by atoms with Crippen molar-refractivity contribution >= 4 is 17.9 Å². The number of carbonyl (C=O) groups is 1. The van der Waals surface area contributed by atoms with Crippen molar-refractivity contribution in [3.05, 3.63) is 53.1 Å². The third kappa shape index (κ3) is 2.79. The van der Waals surface area contributed by atoms with Crippen LogP contribution in [0.5, 0.6) is 5.75 Å². The molecule has 0 saturated carbocycles. The maximum Gasteiger partial charge on any atom is 0.166 e. The molecule has 1 aromatic heterocycles. The maximum atomic E-state index is 10.9. The topological polar surface area (TPSA) is 52.1 Å². The van der Waals surface area contributed by atoms with Crippen LogP contribution < -0.4 is 4.74 Å². The molecule has 86 valence electrons. The largest absolute Gasteiger partial charge is 0.485 e. The van der Waals surface area contributed by atoms with Crippen LogP contribution in [0.25, 0.3) is 0 Å². The van der Waals surface area contributed by atoms with Gasteiger partial charge in [0.15, 0.2) is 12.1 Å². The van der Waals surface area contributed by atoms with Gasteiger partial charge in [0.25, 0.3) is 0 Å². The number of nitrogens with zero attached hydrogens (tertiary/aromatic N) is 2. The van der Waals surface area contributed by atoms with Gasteiger partial charge in [-0.15, -0.1) is 0 Å². The zero-order chi connectivity index (χ0) is 12.1. The SMILES string of the molecule is O=Cc1c(Cl)cccc1OCc1ncccn1. The summed E-state index contributed by atoms with van der Waals surface area (Å²) >= 11 is 5.87. The Kier molecular flexibility index (Phi) is 3.67. The van der Waals surface area contributed by atoms with Crippen LogP contribution >= 0.6 is 11.6 Å². The fourth-order valence-electron chi connectivity index (χ4n) is 1.30. The van der Waals surface area contributed by atoms with Crippen molar-refractivity contribution in [3.63, 3.8) is 0 Å². The lowest BCUT2D eigenvalue weighted by Gasteiger charge is -2.08. The van der Waals surface area contributed by atoms with E-state index in [1.54, 1.807) is 36.7 Å². The van der Waals surface area contributed by atoms with Gasteiger partial charge >= 0.3 is 0 Å². The second-order valence-corrected chi connectivity index (χ2v) is 3.63. The smallest absolute Gasteiger partial charge is 0.166 e. The molecule has 0 atom stereocenters. The summed E-state index contributed by atoms with van der Waals surface area (Å²) in [4.78, 5) is 18.9. The van der Waals surface area contributed by atoms with E-state index in [1.165, 1.54) is 0 Å². The third-order valence-corrected chi connectivity index (χ3v) is 2.44. The van der Waals surface area contributed by atoms with Gasteiger partial charge in [0, 0.05) is 12.4 Å². The average Bonchev–Trinajstić information content (AvgIpc) is 2.37. The van der Waals surface area contributed by atoms with E-state index in [0.717, 1.165) is 0 Å². The average molecular weight is 249 g/mol. The van der Waals surface area contributed by atoms with Crippen LogP contribution in [-0.4, -0.2) is 16.3 Å². The monoisotopic (exact) mass is 248 g/mol. The molecule has 5 heteroatoms. The van der Waals surface area contributed by atoms with Gasteiger partial charge in [0.2, 0.25) is 0 Å². The molecule has 0 spiro atoms. The Labute approximate surface area is 103 Å². The molecule has 4 nitrogen and oxygen atoms in total. The number of rotatable bonds is 4. The van der Waals surface area contributed by atoms with E-state index in [1.807, 2.05) is 0 Å². The number of ether oxygens (including phenoxy) is 1. The number of hydrogen-bond acceptors (Lipinski definition) is 4. The maximum absolute atomic E-state index is 10.9. The van der Waals surface area contributed by atoms with Gasteiger partial charge < -0.3 is 4.74 Å². The normalized spacial score (nSPS) is 9.94. The van der Waals surface area contributed by atoms with Gasteiger partial charge in [-0.05, 0) is 18.2 Å². The summed E-state index contributed by atoms with van der Waals surface area (Å²) in [6.45, 7) is 0.196. The summed E-state index contributed by atoms with van der Waals surface area (Å²) < 4.78 is 5.45. The lowest BCUT2D eigenvalue weighted by Crippen LogP contribution is -2.02. The van der Waals surface area contributed by atoms with Gasteiger partial charge in [0.1, 0.15) is 12.4 Å². The van der Waals surface area contributed by atoms with Gasteiger partial charge in [-0.25, -0.2) is 9.97 Å². The van der Waals surface area contributed by atoms with Crippen molar-refractivity contribution in [1.29, 1.82) is 0 Å². The molecule has 0 radical (unpaired) electrons. The summed E-state index contributed by atoms with van der Waals surface area (Å²) in [5.41, 5.74) is 0.338. The van der Waals surface area contributed by atoms with Gasteiger partial charge in [-0.1, -0.05) is 17.7 Å². The lowest BCUT2D eigenvalue weighted by atomic mass is 10.2. The standard InChI is InChI=1S/C12H9ClN2O2/c13-10-3-1-4-11(9(10)7-16)17-8-12-14-5-2-6-15-12/h1-7H,8H2. The number of benzene rings is 1. The third-order valence-electron chi connectivity index (χ3n) is 2.11. The Morgan fingerprint density at radius 3 is 2.71 bits per heavy atom. The van der Waals surface area contributed by atoms with Gasteiger partial charge in [0.05, 0.1) is 10.6 Å². The number of carbonyl (C=O) groups excluding carboxylic acids is 1. The molecule has 0 aliphatic rings. The molecule has 0 N–H and O–H groups in total. The lowest BCUT2D eigenvalue weighted by molar-refractivity contribution is 0.111. The fourth-order valence-corrected chi connectivity index (χ4v) is 1.51. The molecule has 1 heterocycles. The van der Waals surface area contributed by atoms with E-state index < -0.39 is 0 Å². The van der Waals surface area contributed by atoms with E-state index >= 15 is 0 Å². The molecule has 0 bridgehead atoms. The minimum atomic E-state index is 0.196.